The predicted molar refractivity (Wildman–Crippen MR) is 122 cm³/mol. The summed E-state index contributed by atoms with van der Waals surface area (Å²) in [6, 6.07) is -0.0950. The number of hydrogen-bond donors (Lipinski definition) is 2. The maximum Gasteiger partial charge on any atom is 0.350 e. The average Bonchev–Trinajstić information content (AvgIpc) is 3.05. The molecule has 0 aliphatic rings. The molecular formula is C18H31IN4O4S. The van der Waals surface area contributed by atoms with Crippen LogP contribution in [-0.2, 0) is 14.3 Å². The zero-order chi connectivity index (χ0) is 20.2. The molecule has 0 radical (unpaired) electrons. The van der Waals surface area contributed by atoms with Gasteiger partial charge in [0.1, 0.15) is 9.88 Å². The fourth-order valence-corrected chi connectivity index (χ4v) is 3.29. The molecule has 1 aromatic heterocycles. The molecule has 1 unspecified atom stereocenters. The first kappa shape index (κ1) is 26.6. The lowest BCUT2D eigenvalue weighted by molar-refractivity contribution is -0.140. The van der Waals surface area contributed by atoms with Gasteiger partial charge in [0.2, 0.25) is 0 Å². The van der Waals surface area contributed by atoms with Gasteiger partial charge in [-0.1, -0.05) is 6.42 Å². The standard InChI is InChI=1S/C18H30N4O4S.HI/c1-6-26-17(24)15-12(2)21-16(27-15)13(3)22-18(19-4)20-11-9-7-8-10-14(23)25-5;/h13H,6-11H2,1-5H3,(H2,19,20,22);1H. The van der Waals surface area contributed by atoms with E-state index in [1.54, 1.807) is 20.9 Å². The predicted octanol–water partition coefficient (Wildman–Crippen LogP) is 3.21. The Kier molecular flexibility index (Phi) is 13.8. The van der Waals surface area contributed by atoms with E-state index in [4.69, 9.17) is 4.74 Å². The molecule has 0 bridgehead atoms. The molecule has 0 aliphatic heterocycles. The molecule has 1 atom stereocenters. The van der Waals surface area contributed by atoms with Crippen molar-refractivity contribution in [3.8, 4) is 0 Å². The Morgan fingerprint density at radius 2 is 2.00 bits per heavy atom. The molecule has 10 heteroatoms. The molecule has 0 saturated heterocycles. The van der Waals surface area contributed by atoms with Gasteiger partial charge in [0.15, 0.2) is 5.96 Å². The van der Waals surface area contributed by atoms with Crippen molar-refractivity contribution in [2.45, 2.75) is 52.5 Å². The van der Waals surface area contributed by atoms with Gasteiger partial charge in [0.05, 0.1) is 25.5 Å². The number of guanidine groups is 1. The van der Waals surface area contributed by atoms with Gasteiger partial charge >= 0.3 is 11.9 Å². The van der Waals surface area contributed by atoms with Gasteiger partial charge in [-0.15, -0.1) is 35.3 Å². The monoisotopic (exact) mass is 526 g/mol. The number of aryl methyl sites for hydroxylation is 1. The topological polar surface area (TPSA) is 102 Å². The van der Waals surface area contributed by atoms with Crippen LogP contribution in [0.5, 0.6) is 0 Å². The number of ether oxygens (including phenoxy) is 2. The van der Waals surface area contributed by atoms with Crippen molar-refractivity contribution in [2.24, 2.45) is 4.99 Å². The molecule has 0 fully saturated rings. The molecule has 0 amide bonds. The minimum absolute atomic E-state index is 0. The van der Waals surface area contributed by atoms with E-state index in [0.29, 0.717) is 29.6 Å². The van der Waals surface area contributed by atoms with Crippen molar-refractivity contribution in [3.05, 3.63) is 15.6 Å². The van der Waals surface area contributed by atoms with Crippen molar-refractivity contribution in [1.82, 2.24) is 15.6 Å². The highest BCUT2D eigenvalue weighted by Crippen LogP contribution is 2.24. The molecular weight excluding hydrogens is 495 g/mol. The largest absolute Gasteiger partial charge is 0.469 e. The first-order valence-electron chi connectivity index (χ1n) is 9.11. The van der Waals surface area contributed by atoms with Crippen LogP contribution in [0.3, 0.4) is 0 Å². The van der Waals surface area contributed by atoms with Crippen molar-refractivity contribution >= 4 is 53.2 Å². The van der Waals surface area contributed by atoms with Crippen LogP contribution >= 0.6 is 35.3 Å². The van der Waals surface area contributed by atoms with Crippen LogP contribution in [0.4, 0.5) is 0 Å². The van der Waals surface area contributed by atoms with E-state index in [9.17, 15) is 9.59 Å². The number of nitrogens with one attached hydrogen (secondary N) is 2. The third-order valence-corrected chi connectivity index (χ3v) is 5.12. The number of carbonyl (C=O) groups excluding carboxylic acids is 2. The maximum atomic E-state index is 11.9. The summed E-state index contributed by atoms with van der Waals surface area (Å²) in [7, 11) is 3.11. The summed E-state index contributed by atoms with van der Waals surface area (Å²) in [6.07, 6.45) is 3.12. The summed E-state index contributed by atoms with van der Waals surface area (Å²) in [5.74, 6) is 0.164. The Labute approximate surface area is 187 Å². The Balaban J connectivity index is 0.00000729. The molecule has 0 spiro atoms. The number of esters is 2. The van der Waals surface area contributed by atoms with E-state index in [-0.39, 0.29) is 42.0 Å². The number of rotatable bonds is 10. The van der Waals surface area contributed by atoms with Crippen molar-refractivity contribution < 1.29 is 19.1 Å². The lowest BCUT2D eigenvalue weighted by atomic mass is 10.2. The number of carbonyl (C=O) groups is 2. The van der Waals surface area contributed by atoms with Gasteiger partial charge in [0, 0.05) is 20.0 Å². The number of aromatic nitrogens is 1. The highest BCUT2D eigenvalue weighted by molar-refractivity contribution is 14.0. The summed E-state index contributed by atoms with van der Waals surface area (Å²) < 4.78 is 9.68. The maximum absolute atomic E-state index is 11.9. The highest BCUT2D eigenvalue weighted by atomic mass is 127. The number of unbranched alkanes of at least 4 members (excludes halogenated alkanes) is 2. The van der Waals surface area contributed by atoms with Gasteiger partial charge in [0.25, 0.3) is 0 Å². The van der Waals surface area contributed by atoms with Crippen molar-refractivity contribution in [1.29, 1.82) is 0 Å². The SMILES string of the molecule is CCOC(=O)c1sc(C(C)NC(=NC)NCCCCCC(=O)OC)nc1C.I. The fourth-order valence-electron chi connectivity index (χ4n) is 2.33. The average molecular weight is 526 g/mol. The van der Waals surface area contributed by atoms with Gasteiger partial charge in [-0.3, -0.25) is 9.79 Å². The first-order valence-corrected chi connectivity index (χ1v) is 9.93. The van der Waals surface area contributed by atoms with E-state index >= 15 is 0 Å². The minimum Gasteiger partial charge on any atom is -0.469 e. The lowest BCUT2D eigenvalue weighted by Gasteiger charge is -2.16. The smallest absolute Gasteiger partial charge is 0.350 e. The number of hydrogen-bond acceptors (Lipinski definition) is 7. The van der Waals surface area contributed by atoms with Crippen LogP contribution in [0.1, 0.15) is 65.9 Å². The van der Waals surface area contributed by atoms with Crippen LogP contribution in [0.25, 0.3) is 0 Å². The van der Waals surface area contributed by atoms with E-state index in [2.05, 4.69) is 25.3 Å². The van der Waals surface area contributed by atoms with Crippen LogP contribution in [0, 0.1) is 6.92 Å². The van der Waals surface area contributed by atoms with E-state index in [0.717, 1.165) is 30.8 Å². The van der Waals surface area contributed by atoms with Gasteiger partial charge in [-0.25, -0.2) is 9.78 Å². The summed E-state index contributed by atoms with van der Waals surface area (Å²) in [5, 5.41) is 7.32. The molecule has 160 valence electrons. The normalized spacial score (nSPS) is 12.0. The zero-order valence-corrected chi connectivity index (χ0v) is 20.3. The summed E-state index contributed by atoms with van der Waals surface area (Å²) in [5.41, 5.74) is 0.677. The Morgan fingerprint density at radius 3 is 2.61 bits per heavy atom. The second-order valence-electron chi connectivity index (χ2n) is 5.94. The molecule has 0 aliphatic carbocycles. The number of halogens is 1. The van der Waals surface area contributed by atoms with E-state index in [1.165, 1.54) is 18.4 Å². The van der Waals surface area contributed by atoms with E-state index < -0.39 is 0 Å². The molecule has 2 N–H and O–H groups in total. The Morgan fingerprint density at radius 1 is 1.29 bits per heavy atom. The quantitative estimate of drug-likeness (QED) is 0.159. The summed E-state index contributed by atoms with van der Waals surface area (Å²) in [4.78, 5) is 32.2. The highest BCUT2D eigenvalue weighted by Gasteiger charge is 2.20. The summed E-state index contributed by atoms with van der Waals surface area (Å²) >= 11 is 1.33. The second kappa shape index (κ2) is 14.6. The number of aliphatic imine (C=N–C) groups is 1. The van der Waals surface area contributed by atoms with E-state index in [1.807, 2.05) is 6.92 Å². The molecule has 1 heterocycles. The fraction of sp³-hybridized carbons (Fsp3) is 0.667. The zero-order valence-electron chi connectivity index (χ0n) is 17.2. The van der Waals surface area contributed by atoms with Crippen LogP contribution in [0.15, 0.2) is 4.99 Å². The molecule has 1 rings (SSSR count). The first-order chi connectivity index (χ1) is 12.9. The molecule has 1 aromatic rings. The Hall–Kier alpha value is -1.43. The van der Waals surface area contributed by atoms with Crippen LogP contribution in [0.2, 0.25) is 0 Å². The van der Waals surface area contributed by atoms with Crippen LogP contribution < -0.4 is 10.6 Å². The lowest BCUT2D eigenvalue weighted by Crippen LogP contribution is -2.39. The Bertz CT molecular complexity index is 652. The number of methoxy groups -OCH3 is 1. The number of nitrogens with zero attached hydrogens (tertiary/aromatic N) is 2. The third-order valence-electron chi connectivity index (χ3n) is 3.80. The van der Waals surface area contributed by atoms with Gasteiger partial charge in [-0.05, 0) is 33.6 Å². The molecule has 0 aromatic carbocycles. The third kappa shape index (κ3) is 9.18. The van der Waals surface area contributed by atoms with Crippen LogP contribution in [-0.4, -0.2) is 50.2 Å². The number of thiazole rings is 1. The van der Waals surface area contributed by atoms with Crippen molar-refractivity contribution in [3.63, 3.8) is 0 Å². The van der Waals surface area contributed by atoms with Crippen molar-refractivity contribution in [2.75, 3.05) is 27.3 Å². The second-order valence-corrected chi connectivity index (χ2v) is 6.97. The minimum atomic E-state index is -0.333. The molecule has 0 saturated carbocycles. The molecule has 28 heavy (non-hydrogen) atoms. The summed E-state index contributed by atoms with van der Waals surface area (Å²) in [6.45, 7) is 6.65. The van der Waals surface area contributed by atoms with Gasteiger partial charge in [-0.2, -0.15) is 0 Å². The molecule has 8 nitrogen and oxygen atoms in total. The van der Waals surface area contributed by atoms with Gasteiger partial charge < -0.3 is 20.1 Å².